The molecule has 2 amide bonds. The molecule has 1 atom stereocenters. The maximum Gasteiger partial charge on any atom is 0.295 e. The van der Waals surface area contributed by atoms with E-state index in [2.05, 4.69) is 25.9 Å². The van der Waals surface area contributed by atoms with Crippen LogP contribution in [0.25, 0.3) is 5.69 Å². The highest BCUT2D eigenvalue weighted by molar-refractivity contribution is 8.02. The Morgan fingerprint density at radius 1 is 1.10 bits per heavy atom. The van der Waals surface area contributed by atoms with Crippen LogP contribution in [0.1, 0.15) is 60.4 Å². The van der Waals surface area contributed by atoms with Crippen LogP contribution in [0.2, 0.25) is 0 Å². The Balaban J connectivity index is 1.22. The molecule has 1 saturated carbocycles. The van der Waals surface area contributed by atoms with E-state index >= 15 is 0 Å². The predicted octanol–water partition coefficient (Wildman–Crippen LogP) is 4.10. The normalized spacial score (nSPS) is 14.5. The van der Waals surface area contributed by atoms with Crippen molar-refractivity contribution in [1.82, 2.24) is 29.3 Å². The zero-order chi connectivity index (χ0) is 27.7. The lowest BCUT2D eigenvalue weighted by molar-refractivity contribution is -0.115. The van der Waals surface area contributed by atoms with Crippen LogP contribution in [0.15, 0.2) is 45.5 Å². The molecule has 0 bridgehead atoms. The van der Waals surface area contributed by atoms with Crippen LogP contribution in [-0.4, -0.2) is 46.4 Å². The van der Waals surface area contributed by atoms with E-state index in [1.807, 2.05) is 43.4 Å². The Bertz CT molecular complexity index is 1560. The number of hydrogen-bond acceptors (Lipinski definition) is 8. The molecular weight excluding hydrogens is 536 g/mol. The Labute approximate surface area is 233 Å². The first-order chi connectivity index (χ1) is 18.7. The summed E-state index contributed by atoms with van der Waals surface area (Å²) >= 11 is 2.38. The molecule has 0 radical (unpaired) electrons. The highest BCUT2D eigenvalue weighted by atomic mass is 32.2. The number of rotatable bonds is 8. The molecule has 11 nitrogen and oxygen atoms in total. The molecular formula is C26H30N8O3S2. The quantitative estimate of drug-likeness (QED) is 0.243. The van der Waals surface area contributed by atoms with Gasteiger partial charge in [0.15, 0.2) is 10.0 Å². The van der Waals surface area contributed by atoms with Gasteiger partial charge in [-0.05, 0) is 44.9 Å². The number of amides is 2. The van der Waals surface area contributed by atoms with Crippen molar-refractivity contribution >= 4 is 45.7 Å². The zero-order valence-electron chi connectivity index (χ0n) is 22.2. The fourth-order valence-corrected chi connectivity index (χ4v) is 6.70. The molecule has 3 heterocycles. The van der Waals surface area contributed by atoms with Gasteiger partial charge in [0, 0.05) is 25.7 Å². The second kappa shape index (κ2) is 11.2. The van der Waals surface area contributed by atoms with Gasteiger partial charge in [0.2, 0.25) is 11.0 Å². The van der Waals surface area contributed by atoms with Crippen LogP contribution < -0.4 is 16.2 Å². The molecule has 204 valence electrons. The van der Waals surface area contributed by atoms with Crippen LogP contribution >= 0.6 is 23.1 Å². The predicted molar refractivity (Wildman–Crippen MR) is 152 cm³/mol. The van der Waals surface area contributed by atoms with E-state index in [1.54, 1.807) is 30.3 Å². The standard InChI is InChI=1S/C26H30N8O3S2/c1-15-21(24(37)34(33(15)4)18-12-6-5-7-13-18)27-22(35)16(2)38-26-30-29-25(39-26)28-23(36)19-14-20(32(3)31-19)17-10-8-9-11-17/h5-7,12-14,16-17H,8-11H2,1-4H3,(H,27,35)(H,28,29,36). The molecule has 0 saturated heterocycles. The van der Waals surface area contributed by atoms with Crippen LogP contribution in [0, 0.1) is 6.92 Å². The van der Waals surface area contributed by atoms with Crippen LogP contribution in [0.5, 0.6) is 0 Å². The Kier molecular flexibility index (Phi) is 7.71. The van der Waals surface area contributed by atoms with Crippen molar-refractivity contribution in [2.45, 2.75) is 55.0 Å². The third-order valence-electron chi connectivity index (χ3n) is 7.00. The van der Waals surface area contributed by atoms with E-state index in [-0.39, 0.29) is 23.1 Å². The Morgan fingerprint density at radius 2 is 1.82 bits per heavy atom. The van der Waals surface area contributed by atoms with Gasteiger partial charge in [-0.1, -0.05) is 54.1 Å². The van der Waals surface area contributed by atoms with E-state index in [9.17, 15) is 14.4 Å². The zero-order valence-corrected chi connectivity index (χ0v) is 23.8. The molecule has 1 aromatic carbocycles. The maximum atomic E-state index is 13.1. The summed E-state index contributed by atoms with van der Waals surface area (Å²) in [6.07, 6.45) is 4.65. The van der Waals surface area contributed by atoms with Crippen molar-refractivity contribution in [3.8, 4) is 5.69 Å². The summed E-state index contributed by atoms with van der Waals surface area (Å²) in [5.41, 5.74) is 2.70. The average Bonchev–Trinajstić information content (AvgIpc) is 3.71. The molecule has 39 heavy (non-hydrogen) atoms. The minimum atomic E-state index is -0.560. The number of aromatic nitrogens is 6. The van der Waals surface area contributed by atoms with Crippen molar-refractivity contribution in [3.63, 3.8) is 0 Å². The fourth-order valence-electron chi connectivity index (χ4n) is 4.81. The van der Waals surface area contributed by atoms with Crippen LogP contribution in [0.3, 0.4) is 0 Å². The first kappa shape index (κ1) is 26.9. The maximum absolute atomic E-state index is 13.1. The van der Waals surface area contributed by atoms with Crippen molar-refractivity contribution in [1.29, 1.82) is 0 Å². The number of aryl methyl sites for hydroxylation is 1. The van der Waals surface area contributed by atoms with Gasteiger partial charge in [-0.15, -0.1) is 10.2 Å². The molecule has 1 fully saturated rings. The van der Waals surface area contributed by atoms with Crippen molar-refractivity contribution in [3.05, 3.63) is 63.8 Å². The number of carbonyl (C=O) groups excluding carboxylic acids is 2. The Hall–Kier alpha value is -3.71. The smallest absolute Gasteiger partial charge is 0.295 e. The van der Waals surface area contributed by atoms with Crippen molar-refractivity contribution in [2.75, 3.05) is 10.6 Å². The summed E-state index contributed by atoms with van der Waals surface area (Å²) in [5.74, 6) is -0.232. The SMILES string of the molecule is Cc1c(NC(=O)C(C)Sc2nnc(NC(=O)c3cc(C4CCCC4)n(C)n3)s2)c(=O)n(-c2ccccc2)n1C. The highest BCUT2D eigenvalue weighted by Gasteiger charge is 2.25. The number of anilines is 2. The molecule has 5 rings (SSSR count). The van der Waals surface area contributed by atoms with Gasteiger partial charge in [-0.2, -0.15) is 5.10 Å². The molecule has 4 aromatic rings. The van der Waals surface area contributed by atoms with Crippen LogP contribution in [-0.2, 0) is 18.9 Å². The van der Waals surface area contributed by atoms with E-state index in [4.69, 9.17) is 0 Å². The van der Waals surface area contributed by atoms with Gasteiger partial charge >= 0.3 is 0 Å². The summed E-state index contributed by atoms with van der Waals surface area (Å²) in [7, 11) is 3.64. The average molecular weight is 567 g/mol. The third kappa shape index (κ3) is 5.55. The van der Waals surface area contributed by atoms with Gasteiger partial charge in [0.1, 0.15) is 5.69 Å². The van der Waals surface area contributed by atoms with E-state index in [0.29, 0.717) is 32.5 Å². The lowest BCUT2D eigenvalue weighted by Crippen LogP contribution is -2.27. The summed E-state index contributed by atoms with van der Waals surface area (Å²) in [4.78, 5) is 38.9. The lowest BCUT2D eigenvalue weighted by atomic mass is 10.0. The number of thioether (sulfide) groups is 1. The summed E-state index contributed by atoms with van der Waals surface area (Å²) in [6, 6.07) is 11.1. The topological polar surface area (TPSA) is 129 Å². The second-order valence-corrected chi connectivity index (χ2v) is 12.1. The molecule has 0 aliphatic heterocycles. The number of carbonyl (C=O) groups is 2. The van der Waals surface area contributed by atoms with Gasteiger partial charge in [0.25, 0.3) is 11.5 Å². The fraction of sp³-hybridized carbons (Fsp3) is 0.385. The monoisotopic (exact) mass is 566 g/mol. The molecule has 1 aliphatic carbocycles. The largest absolute Gasteiger partial charge is 0.319 e. The van der Waals surface area contributed by atoms with Crippen molar-refractivity contribution in [2.24, 2.45) is 14.1 Å². The first-order valence-corrected chi connectivity index (χ1v) is 14.4. The number of nitrogens with one attached hydrogen (secondary N) is 2. The molecule has 1 aliphatic rings. The van der Waals surface area contributed by atoms with Gasteiger partial charge in [0.05, 0.1) is 16.6 Å². The number of nitrogens with zero attached hydrogens (tertiary/aromatic N) is 6. The second-order valence-electron chi connectivity index (χ2n) is 9.57. The molecule has 13 heteroatoms. The lowest BCUT2D eigenvalue weighted by Gasteiger charge is -2.09. The number of para-hydroxylation sites is 1. The number of benzene rings is 1. The highest BCUT2D eigenvalue weighted by Crippen LogP contribution is 2.34. The molecule has 2 N–H and O–H groups in total. The number of hydrogen-bond donors (Lipinski definition) is 2. The van der Waals surface area contributed by atoms with E-state index in [0.717, 1.165) is 18.5 Å². The molecule has 0 spiro atoms. The summed E-state index contributed by atoms with van der Waals surface area (Å²) in [5, 5.41) is 17.9. The summed E-state index contributed by atoms with van der Waals surface area (Å²) in [6.45, 7) is 3.51. The minimum Gasteiger partial charge on any atom is -0.319 e. The minimum absolute atomic E-state index is 0.233. The van der Waals surface area contributed by atoms with Crippen molar-refractivity contribution < 1.29 is 9.59 Å². The summed E-state index contributed by atoms with van der Waals surface area (Å²) < 4.78 is 5.53. The van der Waals surface area contributed by atoms with Crippen LogP contribution in [0.4, 0.5) is 10.8 Å². The van der Waals surface area contributed by atoms with E-state index in [1.165, 1.54) is 40.6 Å². The molecule has 3 aromatic heterocycles. The first-order valence-electron chi connectivity index (χ1n) is 12.7. The third-order valence-corrected chi connectivity index (χ3v) is 9.02. The van der Waals surface area contributed by atoms with Gasteiger partial charge in [-0.3, -0.25) is 29.1 Å². The molecule has 1 unspecified atom stereocenters. The van der Waals surface area contributed by atoms with Gasteiger partial charge < -0.3 is 5.32 Å². The Morgan fingerprint density at radius 3 is 2.54 bits per heavy atom. The van der Waals surface area contributed by atoms with Gasteiger partial charge in [-0.25, -0.2) is 4.68 Å². The van der Waals surface area contributed by atoms with E-state index < -0.39 is 5.25 Å².